The largest absolute Gasteiger partial charge is 0.399 e. The average molecular weight is 185 g/mol. The number of hydrogen-bond donors (Lipinski definition) is 0. The van der Waals surface area contributed by atoms with Gasteiger partial charge < -0.3 is 34.4 Å². The first-order valence-corrected chi connectivity index (χ1v) is 2.75. The van der Waals surface area contributed by atoms with Crippen molar-refractivity contribution in [2.75, 3.05) is 0 Å². The van der Waals surface area contributed by atoms with Gasteiger partial charge in [0.25, 0.3) is 0 Å². The van der Waals surface area contributed by atoms with Gasteiger partial charge in [0.05, 0.1) is 0 Å². The first-order valence-electron chi connectivity index (χ1n) is 1.03. The van der Waals surface area contributed by atoms with E-state index in [2.05, 4.69) is 34.4 Å². The summed E-state index contributed by atoms with van der Waals surface area (Å²) in [5.74, 6) is 0. The first-order chi connectivity index (χ1) is 1.73. The quantitative estimate of drug-likeness (QED) is 0.409. The molecule has 4 heavy (non-hydrogen) atoms. The van der Waals surface area contributed by atoms with Crippen LogP contribution < -0.4 is 0 Å². The summed E-state index contributed by atoms with van der Waals surface area (Å²) in [5.41, 5.74) is 0. The van der Waals surface area contributed by atoms with Crippen LogP contribution in [0.5, 0.6) is 0 Å². The lowest BCUT2D eigenvalue weighted by Gasteiger charge is -1.74. The highest BCUT2D eigenvalue weighted by molar-refractivity contribution is 14.1. The minimum Gasteiger partial charge on any atom is -0.399 e. The van der Waals surface area contributed by atoms with Gasteiger partial charge in [0, 0.05) is 0 Å². The van der Waals surface area contributed by atoms with E-state index in [1.165, 1.54) is 0 Å². The minimum atomic E-state index is 0.387. The Morgan fingerprint density at radius 2 is 2.00 bits per heavy atom. The summed E-state index contributed by atoms with van der Waals surface area (Å²) < 4.78 is 0.387. The average Bonchev–Trinajstić information content (AvgIpc) is 0.811. The molecule has 0 aliphatic carbocycles. The van der Waals surface area contributed by atoms with Crippen LogP contribution >= 0.6 is 34.4 Å². The lowest BCUT2D eigenvalue weighted by atomic mass is 10.2. The highest BCUT2D eigenvalue weighted by Gasteiger charge is 1.44. The molecular weight excluding hydrogens is 182 g/mol. The molecule has 0 saturated carbocycles. The topological polar surface area (TPSA) is 0 Å². The van der Waals surface area contributed by atoms with Gasteiger partial charge in [0.2, 0.25) is 0 Å². The van der Waals surface area contributed by atoms with Crippen molar-refractivity contribution < 1.29 is 0 Å². The Balaban J connectivity index is 2.80. The highest BCUT2D eigenvalue weighted by atomic mass is 127. The van der Waals surface area contributed by atoms with Crippen molar-refractivity contribution in [3.8, 4) is 0 Å². The predicted molar refractivity (Wildman–Crippen MR) is 33.2 cm³/mol. The van der Waals surface area contributed by atoms with Crippen LogP contribution in [0.15, 0.2) is 0 Å². The summed E-state index contributed by atoms with van der Waals surface area (Å²) >= 11 is 6.77. The molecule has 0 radical (unpaired) electrons. The molecule has 3 heteroatoms. The van der Waals surface area contributed by atoms with Gasteiger partial charge >= 0.3 is 0 Å². The van der Waals surface area contributed by atoms with Crippen molar-refractivity contribution in [1.29, 1.82) is 0 Å². The van der Waals surface area contributed by atoms with Gasteiger partial charge in [-0.1, -0.05) is 0 Å². The zero-order valence-electron chi connectivity index (χ0n) is 2.36. The molecule has 0 heterocycles. The molecule has 0 fully saturated rings. The minimum absolute atomic E-state index is 0.387. The third-order valence-corrected chi connectivity index (χ3v) is 0. The SMILES string of the molecule is C[B-](=S)I. The van der Waals surface area contributed by atoms with E-state index in [0.717, 1.165) is 0 Å². The second-order valence-corrected chi connectivity index (χ2v) is 3.96. The lowest BCUT2D eigenvalue weighted by Crippen LogP contribution is -1.57. The van der Waals surface area contributed by atoms with Gasteiger partial charge in [-0.05, 0) is 3.44 Å². The molecular formula is CH3BIS-. The van der Waals surface area contributed by atoms with Crippen molar-refractivity contribution in [1.82, 2.24) is 0 Å². The van der Waals surface area contributed by atoms with Crippen LogP contribution in [0, 0.1) is 0 Å². The van der Waals surface area contributed by atoms with Crippen molar-refractivity contribution in [3.63, 3.8) is 0 Å². The Kier molecular flexibility index (Phi) is 2.84. The molecule has 24 valence electrons. The van der Waals surface area contributed by atoms with Crippen molar-refractivity contribution in [2.45, 2.75) is 6.82 Å². The summed E-state index contributed by atoms with van der Waals surface area (Å²) in [4.78, 5) is 0. The molecule has 0 aliphatic rings. The molecule has 0 amide bonds. The molecule has 0 nitrogen and oxygen atoms in total. The number of hydrogen-bond acceptors (Lipinski definition) is 1. The molecule has 0 saturated heterocycles. The summed E-state index contributed by atoms with van der Waals surface area (Å²) in [6.07, 6.45) is 0. The molecule has 0 atom stereocenters. The maximum absolute atomic E-state index is 4.61. The van der Waals surface area contributed by atoms with E-state index in [9.17, 15) is 0 Å². The molecule has 0 aromatic heterocycles. The van der Waals surface area contributed by atoms with Crippen LogP contribution in [0.2, 0.25) is 6.82 Å². The Hall–Kier alpha value is 1.01. The lowest BCUT2D eigenvalue weighted by molar-refractivity contribution is 2.38. The van der Waals surface area contributed by atoms with Crippen LogP contribution in [0.4, 0.5) is 0 Å². The Labute approximate surface area is 44.8 Å². The van der Waals surface area contributed by atoms with Gasteiger partial charge in [-0.25, -0.2) is 0 Å². The van der Waals surface area contributed by atoms with Crippen LogP contribution in [-0.2, 0) is 0 Å². The van der Waals surface area contributed by atoms with Gasteiger partial charge in [-0.3, -0.25) is 0 Å². The van der Waals surface area contributed by atoms with Gasteiger partial charge in [-0.2, -0.15) is 6.82 Å². The van der Waals surface area contributed by atoms with E-state index in [-0.39, 0.29) is 0 Å². The van der Waals surface area contributed by atoms with E-state index < -0.39 is 0 Å². The van der Waals surface area contributed by atoms with Gasteiger partial charge in [0.15, 0.2) is 0 Å². The van der Waals surface area contributed by atoms with Crippen molar-refractivity contribution >= 4 is 37.9 Å². The smallest absolute Gasteiger partial charge is 0.00673 e. The second-order valence-electron chi connectivity index (χ2n) is 0.543. The Morgan fingerprint density at radius 1 is 2.00 bits per heavy atom. The van der Waals surface area contributed by atoms with Gasteiger partial charge in [-0.15, -0.1) is 0 Å². The fraction of sp³-hybridized carbons (Fsp3) is 1.00. The van der Waals surface area contributed by atoms with Crippen molar-refractivity contribution in [3.05, 3.63) is 0 Å². The highest BCUT2D eigenvalue weighted by Crippen LogP contribution is 1.79. The summed E-state index contributed by atoms with van der Waals surface area (Å²) in [7, 11) is 0. The molecule has 0 N–H and O–H groups in total. The van der Waals surface area contributed by atoms with Gasteiger partial charge in [0.1, 0.15) is 0 Å². The third kappa shape index (κ3) is 11.9. The van der Waals surface area contributed by atoms with Crippen molar-refractivity contribution in [2.24, 2.45) is 0 Å². The summed E-state index contributed by atoms with van der Waals surface area (Å²) in [6.45, 7) is 1.97. The monoisotopic (exact) mass is 185 g/mol. The fourth-order valence-corrected chi connectivity index (χ4v) is 0. The van der Waals surface area contributed by atoms with E-state index in [4.69, 9.17) is 0 Å². The molecule has 0 aromatic carbocycles. The van der Waals surface area contributed by atoms with E-state index >= 15 is 0 Å². The molecule has 0 aliphatic heterocycles. The standard InChI is InChI=1S/CH3BIS/c1-2(3)4/h1H3/q-1. The fourth-order valence-electron chi connectivity index (χ4n) is 0. The van der Waals surface area contributed by atoms with E-state index in [1.54, 1.807) is 0 Å². The molecule has 0 aromatic rings. The zero-order chi connectivity index (χ0) is 3.58. The molecule has 0 unspecified atom stereocenters. The van der Waals surface area contributed by atoms with Crippen LogP contribution in [-0.4, -0.2) is 3.44 Å². The Morgan fingerprint density at radius 3 is 2.00 bits per heavy atom. The molecule has 0 rings (SSSR count). The van der Waals surface area contributed by atoms with Crippen LogP contribution in [0.25, 0.3) is 0 Å². The second kappa shape index (κ2) is 2.26. The number of rotatable bonds is 0. The predicted octanol–water partition coefficient (Wildman–Crippen LogP) is 1.74. The molecule has 0 bridgehead atoms. The maximum Gasteiger partial charge on any atom is -0.00673 e. The van der Waals surface area contributed by atoms with E-state index in [1.807, 2.05) is 6.82 Å². The van der Waals surface area contributed by atoms with E-state index in [0.29, 0.717) is 3.44 Å². The summed E-state index contributed by atoms with van der Waals surface area (Å²) in [5, 5.41) is 0. The maximum atomic E-state index is 4.61. The first kappa shape index (κ1) is 5.01. The Bertz CT molecular complexity index is 31.0. The molecule has 0 spiro atoms. The number of halogens is 1. The summed E-state index contributed by atoms with van der Waals surface area (Å²) in [6, 6.07) is 0. The normalized spacial score (nSPS) is 6.50. The van der Waals surface area contributed by atoms with Crippen LogP contribution in [0.1, 0.15) is 0 Å². The van der Waals surface area contributed by atoms with Crippen LogP contribution in [0.3, 0.4) is 0 Å². The third-order valence-electron chi connectivity index (χ3n) is 0. The zero-order valence-corrected chi connectivity index (χ0v) is 5.34.